The van der Waals surface area contributed by atoms with Gasteiger partial charge in [-0.2, -0.15) is 5.26 Å². The second-order valence-electron chi connectivity index (χ2n) is 5.20. The van der Waals surface area contributed by atoms with Crippen molar-refractivity contribution in [1.29, 1.82) is 5.26 Å². The lowest BCUT2D eigenvalue weighted by Gasteiger charge is -2.15. The van der Waals surface area contributed by atoms with Gasteiger partial charge >= 0.3 is 0 Å². The molecule has 6 nitrogen and oxygen atoms in total. The van der Waals surface area contributed by atoms with Crippen LogP contribution in [-0.2, 0) is 0 Å². The van der Waals surface area contributed by atoms with Crippen molar-refractivity contribution in [2.75, 3.05) is 36.3 Å². The molecule has 0 spiro atoms. The van der Waals surface area contributed by atoms with Crippen LogP contribution < -0.4 is 20.3 Å². The molecule has 1 aromatic carbocycles. The summed E-state index contributed by atoms with van der Waals surface area (Å²) in [5.41, 5.74) is 4.41. The van der Waals surface area contributed by atoms with Crippen LogP contribution in [0.2, 0.25) is 0 Å². The second kappa shape index (κ2) is 5.45. The van der Waals surface area contributed by atoms with Gasteiger partial charge < -0.3 is 20.3 Å². The normalized spacial score (nSPS) is 12.4. The monoisotopic (exact) mass is 295 g/mol. The van der Waals surface area contributed by atoms with Crippen LogP contribution in [0.4, 0.5) is 17.1 Å². The number of aryl methyl sites for hydroxylation is 1. The van der Waals surface area contributed by atoms with Crippen molar-refractivity contribution < 1.29 is 4.74 Å². The molecule has 0 fully saturated rings. The minimum Gasteiger partial charge on any atom is -0.455 e. The molecule has 0 bridgehead atoms. The zero-order valence-electron chi connectivity index (χ0n) is 12.8. The average Bonchev–Trinajstić information content (AvgIpc) is 2.90. The van der Waals surface area contributed by atoms with E-state index in [2.05, 4.69) is 20.5 Å². The first kappa shape index (κ1) is 14.0. The molecule has 0 amide bonds. The Bertz CT molecular complexity index is 766. The molecule has 0 saturated heterocycles. The van der Waals surface area contributed by atoms with Crippen LogP contribution in [0.3, 0.4) is 0 Å². The highest BCUT2D eigenvalue weighted by atomic mass is 16.5. The van der Waals surface area contributed by atoms with E-state index in [9.17, 15) is 0 Å². The summed E-state index contributed by atoms with van der Waals surface area (Å²) in [6.45, 7) is 2.67. The molecule has 2 aromatic rings. The molecule has 22 heavy (non-hydrogen) atoms. The average molecular weight is 295 g/mol. The molecule has 1 aliphatic heterocycles. The predicted molar refractivity (Wildman–Crippen MR) is 86.6 cm³/mol. The fourth-order valence-electron chi connectivity index (χ4n) is 2.47. The number of ether oxygens (including phenoxy) is 1. The van der Waals surface area contributed by atoms with E-state index >= 15 is 0 Å². The highest BCUT2D eigenvalue weighted by Crippen LogP contribution is 2.41. The Kier molecular flexibility index (Phi) is 3.47. The largest absolute Gasteiger partial charge is 0.455 e. The summed E-state index contributed by atoms with van der Waals surface area (Å²) in [5.74, 6) is 1.38. The van der Waals surface area contributed by atoms with Gasteiger partial charge in [0.05, 0.1) is 29.9 Å². The van der Waals surface area contributed by atoms with Crippen molar-refractivity contribution in [3.05, 3.63) is 35.7 Å². The van der Waals surface area contributed by atoms with Crippen molar-refractivity contribution in [2.24, 2.45) is 0 Å². The first-order valence-corrected chi connectivity index (χ1v) is 6.97. The Morgan fingerprint density at radius 1 is 1.41 bits per heavy atom. The number of nitriles is 1. The molecule has 1 aliphatic rings. The van der Waals surface area contributed by atoms with Crippen molar-refractivity contribution in [3.63, 3.8) is 0 Å². The molecule has 0 saturated carbocycles. The minimum atomic E-state index is 0.388. The number of benzene rings is 1. The smallest absolute Gasteiger partial charge is 0.148 e. The number of anilines is 3. The summed E-state index contributed by atoms with van der Waals surface area (Å²) in [6.07, 6.45) is 1.59. The van der Waals surface area contributed by atoms with Gasteiger partial charge in [-0.15, -0.1) is 0 Å². The van der Waals surface area contributed by atoms with Crippen LogP contribution in [-0.4, -0.2) is 25.7 Å². The molecule has 0 unspecified atom stereocenters. The SMILES string of the molecule is CNc1cc(Oc2cnc(C#N)cc2C)cc2c1NCN2C. The molecule has 6 heteroatoms. The number of nitrogens with zero attached hydrogens (tertiary/aromatic N) is 3. The molecule has 1 aromatic heterocycles. The number of hydrogen-bond acceptors (Lipinski definition) is 6. The molecule has 112 valence electrons. The number of fused-ring (bicyclic) bond motifs is 1. The third-order valence-corrected chi connectivity index (χ3v) is 3.67. The van der Waals surface area contributed by atoms with E-state index in [4.69, 9.17) is 10.00 Å². The Labute approximate surface area is 129 Å². The maximum atomic E-state index is 8.87. The van der Waals surface area contributed by atoms with E-state index in [0.717, 1.165) is 35.0 Å². The topological polar surface area (TPSA) is 73.2 Å². The predicted octanol–water partition coefficient (Wildman–Crippen LogP) is 2.91. The summed E-state index contributed by atoms with van der Waals surface area (Å²) in [5, 5.41) is 15.4. The van der Waals surface area contributed by atoms with E-state index in [1.54, 1.807) is 12.3 Å². The molecule has 0 aliphatic carbocycles. The lowest BCUT2D eigenvalue weighted by atomic mass is 10.2. The van der Waals surface area contributed by atoms with Gasteiger partial charge in [-0.25, -0.2) is 4.98 Å². The minimum absolute atomic E-state index is 0.388. The van der Waals surface area contributed by atoms with Crippen LogP contribution in [0, 0.1) is 18.3 Å². The van der Waals surface area contributed by atoms with Gasteiger partial charge in [0.15, 0.2) is 0 Å². The van der Waals surface area contributed by atoms with Crippen LogP contribution in [0.5, 0.6) is 11.5 Å². The number of nitrogens with one attached hydrogen (secondary N) is 2. The maximum absolute atomic E-state index is 8.87. The Balaban J connectivity index is 1.97. The van der Waals surface area contributed by atoms with Crippen molar-refractivity contribution in [2.45, 2.75) is 6.92 Å². The van der Waals surface area contributed by atoms with Gasteiger partial charge in [0.2, 0.25) is 0 Å². The Morgan fingerprint density at radius 3 is 2.91 bits per heavy atom. The Hall–Kier alpha value is -2.94. The maximum Gasteiger partial charge on any atom is 0.148 e. The fourth-order valence-corrected chi connectivity index (χ4v) is 2.47. The van der Waals surface area contributed by atoms with E-state index in [1.807, 2.05) is 39.2 Å². The quantitative estimate of drug-likeness (QED) is 0.907. The van der Waals surface area contributed by atoms with Gasteiger partial charge in [0.25, 0.3) is 0 Å². The number of hydrogen-bond donors (Lipinski definition) is 2. The molecule has 0 radical (unpaired) electrons. The highest BCUT2D eigenvalue weighted by Gasteiger charge is 2.20. The van der Waals surface area contributed by atoms with E-state index < -0.39 is 0 Å². The van der Waals surface area contributed by atoms with Gasteiger partial charge in [-0.05, 0) is 18.6 Å². The summed E-state index contributed by atoms with van der Waals surface area (Å²) >= 11 is 0. The lowest BCUT2D eigenvalue weighted by molar-refractivity contribution is 0.477. The molecule has 2 heterocycles. The van der Waals surface area contributed by atoms with E-state index in [-0.39, 0.29) is 0 Å². The third kappa shape index (κ3) is 2.37. The summed E-state index contributed by atoms with van der Waals surface area (Å²) in [7, 11) is 3.91. The van der Waals surface area contributed by atoms with Crippen molar-refractivity contribution >= 4 is 17.1 Å². The molecule has 3 rings (SSSR count). The zero-order chi connectivity index (χ0) is 15.7. The van der Waals surface area contributed by atoms with E-state index in [1.165, 1.54) is 0 Å². The number of aromatic nitrogens is 1. The van der Waals surface area contributed by atoms with Gasteiger partial charge in [0, 0.05) is 26.2 Å². The first-order valence-electron chi connectivity index (χ1n) is 6.97. The van der Waals surface area contributed by atoms with Crippen LogP contribution in [0.1, 0.15) is 11.3 Å². The fraction of sp³-hybridized carbons (Fsp3) is 0.250. The summed E-state index contributed by atoms with van der Waals surface area (Å²) < 4.78 is 5.96. The lowest BCUT2D eigenvalue weighted by Crippen LogP contribution is -2.15. The standard InChI is InChI=1S/C16H17N5O/c1-10-4-11(7-17)19-8-15(10)22-12-5-13(18-2)16-14(6-12)21(3)9-20-16/h4-6,8,18,20H,9H2,1-3H3. The van der Waals surface area contributed by atoms with Gasteiger partial charge in [0.1, 0.15) is 23.3 Å². The van der Waals surface area contributed by atoms with Crippen LogP contribution in [0.25, 0.3) is 0 Å². The third-order valence-electron chi connectivity index (χ3n) is 3.67. The molecular formula is C16H17N5O. The number of rotatable bonds is 3. The molecule has 2 N–H and O–H groups in total. The van der Waals surface area contributed by atoms with Gasteiger partial charge in [-0.3, -0.25) is 0 Å². The van der Waals surface area contributed by atoms with Crippen molar-refractivity contribution in [1.82, 2.24) is 4.98 Å². The van der Waals surface area contributed by atoms with Crippen molar-refractivity contribution in [3.8, 4) is 17.6 Å². The van der Waals surface area contributed by atoms with Gasteiger partial charge in [-0.1, -0.05) is 0 Å². The van der Waals surface area contributed by atoms with Crippen LogP contribution >= 0.6 is 0 Å². The Morgan fingerprint density at radius 2 is 2.23 bits per heavy atom. The zero-order valence-corrected chi connectivity index (χ0v) is 12.8. The summed E-state index contributed by atoms with van der Waals surface area (Å²) in [6, 6.07) is 7.68. The summed E-state index contributed by atoms with van der Waals surface area (Å²) in [4.78, 5) is 6.18. The molecular weight excluding hydrogens is 278 g/mol. The van der Waals surface area contributed by atoms with E-state index in [0.29, 0.717) is 11.4 Å². The highest BCUT2D eigenvalue weighted by molar-refractivity contribution is 5.88. The molecule has 0 atom stereocenters. The second-order valence-corrected chi connectivity index (χ2v) is 5.20. The first-order chi connectivity index (χ1) is 10.6. The van der Waals surface area contributed by atoms with Crippen LogP contribution in [0.15, 0.2) is 24.4 Å². The number of pyridine rings is 1.